The number of carbonyl (C=O) groups excluding carboxylic acids is 1. The number of benzene rings is 1. The lowest BCUT2D eigenvalue weighted by Crippen LogP contribution is -2.44. The van der Waals surface area contributed by atoms with Gasteiger partial charge in [-0.25, -0.2) is 0 Å². The summed E-state index contributed by atoms with van der Waals surface area (Å²) in [5.74, 6) is -0.798. The number of ether oxygens (including phenoxy) is 1. The number of hydrogen-bond donors (Lipinski definition) is 1. The van der Waals surface area contributed by atoms with Crippen LogP contribution in [0.5, 0.6) is 5.75 Å². The van der Waals surface area contributed by atoms with Gasteiger partial charge in [0.2, 0.25) is 5.91 Å². The van der Waals surface area contributed by atoms with Crippen molar-refractivity contribution in [1.29, 1.82) is 0 Å². The van der Waals surface area contributed by atoms with Gasteiger partial charge in [0.15, 0.2) is 0 Å². The molecule has 0 aromatic heterocycles. The predicted octanol–water partition coefficient (Wildman–Crippen LogP) is 1.49. The Kier molecular flexibility index (Phi) is 3.34. The first-order valence-corrected chi connectivity index (χ1v) is 6.90. The lowest BCUT2D eigenvalue weighted by Gasteiger charge is -2.32. The predicted molar refractivity (Wildman–Crippen MR) is 71.6 cm³/mol. The maximum Gasteiger partial charge on any atom is 0.308 e. The molecule has 2 aliphatic rings. The second-order valence-corrected chi connectivity index (χ2v) is 5.36. The highest BCUT2D eigenvalue weighted by Gasteiger charge is 2.36. The molecule has 2 atom stereocenters. The van der Waals surface area contributed by atoms with Gasteiger partial charge < -0.3 is 14.7 Å². The normalized spacial score (nSPS) is 24.9. The van der Waals surface area contributed by atoms with E-state index in [0.717, 1.165) is 17.7 Å². The van der Waals surface area contributed by atoms with Gasteiger partial charge in [-0.3, -0.25) is 9.59 Å². The SMILES string of the molecule is O=C(O)[C@H]1CCCN(C(=O)[C@H]2COc3ccccc32)C1. The van der Waals surface area contributed by atoms with Gasteiger partial charge in [-0.1, -0.05) is 18.2 Å². The maximum atomic E-state index is 12.6. The first-order chi connectivity index (χ1) is 9.66. The Bertz CT molecular complexity index is 542. The molecule has 0 bridgehead atoms. The van der Waals surface area contributed by atoms with Crippen LogP contribution < -0.4 is 4.74 Å². The summed E-state index contributed by atoms with van der Waals surface area (Å²) in [7, 11) is 0. The van der Waals surface area contributed by atoms with Crippen molar-refractivity contribution in [2.45, 2.75) is 18.8 Å². The zero-order valence-electron chi connectivity index (χ0n) is 11.1. The number of hydrogen-bond acceptors (Lipinski definition) is 3. The van der Waals surface area contributed by atoms with Crippen LogP contribution in [0.3, 0.4) is 0 Å². The summed E-state index contributed by atoms with van der Waals surface area (Å²) in [6.45, 7) is 1.31. The van der Waals surface area contributed by atoms with Crippen LogP contribution >= 0.6 is 0 Å². The number of rotatable bonds is 2. The number of likely N-dealkylation sites (tertiary alicyclic amines) is 1. The quantitative estimate of drug-likeness (QED) is 0.888. The Morgan fingerprint density at radius 3 is 2.90 bits per heavy atom. The van der Waals surface area contributed by atoms with Crippen molar-refractivity contribution in [1.82, 2.24) is 4.90 Å². The van der Waals surface area contributed by atoms with E-state index in [1.807, 2.05) is 24.3 Å². The van der Waals surface area contributed by atoms with E-state index in [0.29, 0.717) is 26.1 Å². The summed E-state index contributed by atoms with van der Waals surface area (Å²) in [5, 5.41) is 9.10. The number of carbonyl (C=O) groups is 2. The summed E-state index contributed by atoms with van der Waals surface area (Å²) < 4.78 is 5.53. The Morgan fingerprint density at radius 2 is 2.10 bits per heavy atom. The second-order valence-electron chi connectivity index (χ2n) is 5.36. The van der Waals surface area contributed by atoms with E-state index in [-0.39, 0.29) is 11.8 Å². The smallest absolute Gasteiger partial charge is 0.308 e. The van der Waals surface area contributed by atoms with E-state index < -0.39 is 11.9 Å². The Balaban J connectivity index is 1.75. The molecule has 2 aliphatic heterocycles. The molecule has 106 valence electrons. The van der Waals surface area contributed by atoms with Crippen LogP contribution in [0.15, 0.2) is 24.3 Å². The fourth-order valence-electron chi connectivity index (χ4n) is 2.97. The molecular formula is C15H17NO4. The highest BCUT2D eigenvalue weighted by atomic mass is 16.5. The van der Waals surface area contributed by atoms with E-state index in [1.165, 1.54) is 0 Å². The highest BCUT2D eigenvalue weighted by Crippen LogP contribution is 2.35. The Morgan fingerprint density at radius 1 is 1.30 bits per heavy atom. The molecule has 2 heterocycles. The molecule has 1 saturated heterocycles. The third-order valence-electron chi connectivity index (χ3n) is 4.08. The molecule has 5 nitrogen and oxygen atoms in total. The van der Waals surface area contributed by atoms with Crippen molar-refractivity contribution in [3.05, 3.63) is 29.8 Å². The molecule has 0 radical (unpaired) electrons. The minimum absolute atomic E-state index is 0.0131. The van der Waals surface area contributed by atoms with Gasteiger partial charge in [0.05, 0.1) is 5.92 Å². The molecule has 1 N–H and O–H groups in total. The van der Waals surface area contributed by atoms with Gasteiger partial charge in [-0.05, 0) is 18.9 Å². The Labute approximate surface area is 117 Å². The first kappa shape index (κ1) is 13.0. The van der Waals surface area contributed by atoms with Crippen molar-refractivity contribution >= 4 is 11.9 Å². The van der Waals surface area contributed by atoms with Gasteiger partial charge in [-0.2, -0.15) is 0 Å². The number of piperidine rings is 1. The van der Waals surface area contributed by atoms with Crippen LogP contribution in [0.1, 0.15) is 24.3 Å². The van der Waals surface area contributed by atoms with Crippen molar-refractivity contribution < 1.29 is 19.4 Å². The van der Waals surface area contributed by atoms with Gasteiger partial charge in [0, 0.05) is 18.7 Å². The van der Waals surface area contributed by atoms with Crippen LogP contribution in [-0.4, -0.2) is 41.6 Å². The van der Waals surface area contributed by atoms with E-state index in [2.05, 4.69) is 0 Å². The molecular weight excluding hydrogens is 258 g/mol. The average molecular weight is 275 g/mol. The Hall–Kier alpha value is -2.04. The van der Waals surface area contributed by atoms with Crippen LogP contribution in [0.2, 0.25) is 0 Å². The lowest BCUT2D eigenvalue weighted by molar-refractivity contribution is -0.146. The number of nitrogens with zero attached hydrogens (tertiary/aromatic N) is 1. The minimum Gasteiger partial charge on any atom is -0.492 e. The molecule has 20 heavy (non-hydrogen) atoms. The fourth-order valence-corrected chi connectivity index (χ4v) is 2.97. The van der Waals surface area contributed by atoms with E-state index in [9.17, 15) is 9.59 Å². The number of amides is 1. The lowest BCUT2D eigenvalue weighted by atomic mass is 9.94. The zero-order chi connectivity index (χ0) is 14.1. The highest BCUT2D eigenvalue weighted by molar-refractivity contribution is 5.86. The molecule has 0 spiro atoms. The topological polar surface area (TPSA) is 66.8 Å². The van der Waals surface area contributed by atoms with Crippen LogP contribution in [0.25, 0.3) is 0 Å². The number of carboxylic acid groups (broad SMARTS) is 1. The minimum atomic E-state index is -0.814. The standard InChI is InChI=1S/C15H17NO4/c17-14(16-7-3-4-10(8-16)15(18)19)12-9-20-13-6-2-1-5-11(12)13/h1-2,5-6,10,12H,3-4,7-9H2,(H,18,19)/t10-,12-/m0/s1. The van der Waals surface area contributed by atoms with E-state index in [4.69, 9.17) is 9.84 Å². The largest absolute Gasteiger partial charge is 0.492 e. The average Bonchev–Trinajstić information content (AvgIpc) is 2.90. The van der Waals surface area contributed by atoms with Crippen LogP contribution in [-0.2, 0) is 9.59 Å². The van der Waals surface area contributed by atoms with Crippen molar-refractivity contribution in [3.8, 4) is 5.75 Å². The number of aliphatic carboxylic acids is 1. The van der Waals surface area contributed by atoms with Crippen molar-refractivity contribution in [3.63, 3.8) is 0 Å². The summed E-state index contributed by atoms with van der Waals surface area (Å²) in [6.07, 6.45) is 1.40. The summed E-state index contributed by atoms with van der Waals surface area (Å²) in [5.41, 5.74) is 0.912. The van der Waals surface area contributed by atoms with E-state index >= 15 is 0 Å². The van der Waals surface area contributed by atoms with Gasteiger partial charge >= 0.3 is 5.97 Å². The molecule has 0 aliphatic carbocycles. The number of para-hydroxylation sites is 1. The summed E-state index contributed by atoms with van der Waals surface area (Å²) in [4.78, 5) is 25.3. The fraction of sp³-hybridized carbons (Fsp3) is 0.467. The molecule has 1 aromatic rings. The second kappa shape index (κ2) is 5.15. The van der Waals surface area contributed by atoms with E-state index in [1.54, 1.807) is 4.90 Å². The molecule has 0 unspecified atom stereocenters. The summed E-state index contributed by atoms with van der Waals surface area (Å²) in [6, 6.07) is 7.54. The number of fused-ring (bicyclic) bond motifs is 1. The van der Waals surface area contributed by atoms with Crippen LogP contribution in [0.4, 0.5) is 0 Å². The molecule has 1 amide bonds. The molecule has 5 heteroatoms. The first-order valence-electron chi connectivity index (χ1n) is 6.90. The molecule has 1 aromatic carbocycles. The van der Waals surface area contributed by atoms with Crippen LogP contribution in [0, 0.1) is 5.92 Å². The summed E-state index contributed by atoms with van der Waals surface area (Å²) >= 11 is 0. The van der Waals surface area contributed by atoms with Gasteiger partial charge in [0.1, 0.15) is 18.3 Å². The molecule has 1 fully saturated rings. The third kappa shape index (κ3) is 2.24. The molecule has 0 saturated carbocycles. The zero-order valence-corrected chi connectivity index (χ0v) is 11.1. The van der Waals surface area contributed by atoms with Crippen molar-refractivity contribution in [2.75, 3.05) is 19.7 Å². The van der Waals surface area contributed by atoms with Gasteiger partial charge in [-0.15, -0.1) is 0 Å². The monoisotopic (exact) mass is 275 g/mol. The van der Waals surface area contributed by atoms with Crippen molar-refractivity contribution in [2.24, 2.45) is 5.92 Å². The maximum absolute atomic E-state index is 12.6. The third-order valence-corrected chi connectivity index (χ3v) is 4.08. The van der Waals surface area contributed by atoms with Gasteiger partial charge in [0.25, 0.3) is 0 Å². The number of carboxylic acids is 1. The molecule has 3 rings (SSSR count).